The molecule has 9 nitrogen and oxygen atoms in total. The molecule has 1 saturated carbocycles. The van der Waals surface area contributed by atoms with Crippen LogP contribution in [0.3, 0.4) is 0 Å². The van der Waals surface area contributed by atoms with Gasteiger partial charge in [0, 0.05) is 24.7 Å². The van der Waals surface area contributed by atoms with E-state index in [2.05, 4.69) is 32.9 Å². The molecule has 2 aromatic heterocycles. The van der Waals surface area contributed by atoms with E-state index in [1.807, 2.05) is 19.3 Å². The Morgan fingerprint density at radius 1 is 1.38 bits per heavy atom. The smallest absolute Gasteiger partial charge is 0.284 e. The summed E-state index contributed by atoms with van der Waals surface area (Å²) in [6, 6.07) is 4.69. The largest absolute Gasteiger partial charge is 0.414 e. The lowest BCUT2D eigenvalue weighted by Gasteiger charge is -2.23. The van der Waals surface area contributed by atoms with Gasteiger partial charge in [-0.25, -0.2) is 5.10 Å². The van der Waals surface area contributed by atoms with Crippen molar-refractivity contribution in [1.82, 2.24) is 30.6 Å². The number of unbranched alkanes of at least 4 members (excludes halogenated alkanes) is 1. The summed E-state index contributed by atoms with van der Waals surface area (Å²) >= 11 is 4.99. The number of hydrogen-bond acceptors (Lipinski definition) is 6. The second-order valence-electron chi connectivity index (χ2n) is 8.31. The summed E-state index contributed by atoms with van der Waals surface area (Å²) in [5.74, 6) is 0.0332. The van der Waals surface area contributed by atoms with Gasteiger partial charge in [-0.2, -0.15) is 5.10 Å². The molecular weight excluding hydrogens is 428 g/mol. The lowest BCUT2D eigenvalue weighted by Crippen LogP contribution is -2.50. The molecule has 0 bridgehead atoms. The fourth-order valence-corrected chi connectivity index (χ4v) is 4.52. The van der Waals surface area contributed by atoms with Crippen molar-refractivity contribution in [2.75, 3.05) is 0 Å². The number of carbonyl (C=O) groups excluding carboxylic acids is 2. The quantitative estimate of drug-likeness (QED) is 0.448. The van der Waals surface area contributed by atoms with Crippen molar-refractivity contribution >= 4 is 34.9 Å². The summed E-state index contributed by atoms with van der Waals surface area (Å²) in [5, 5.41) is 18.0. The van der Waals surface area contributed by atoms with Crippen LogP contribution in [-0.2, 0) is 11.8 Å². The first-order valence-electron chi connectivity index (χ1n) is 11.0. The Labute approximate surface area is 190 Å². The molecule has 1 aliphatic carbocycles. The number of aromatic amines is 1. The van der Waals surface area contributed by atoms with Crippen LogP contribution in [-0.4, -0.2) is 43.9 Å². The molecule has 3 N–H and O–H groups in total. The molecule has 4 rings (SSSR count). The first-order chi connectivity index (χ1) is 15.5. The van der Waals surface area contributed by atoms with Crippen LogP contribution in [0, 0.1) is 4.84 Å². The molecule has 1 fully saturated rings. The van der Waals surface area contributed by atoms with E-state index in [1.54, 1.807) is 16.8 Å². The van der Waals surface area contributed by atoms with Crippen molar-refractivity contribution in [2.45, 2.75) is 63.5 Å². The topological polar surface area (TPSA) is 118 Å². The zero-order chi connectivity index (χ0) is 22.7. The Morgan fingerprint density at radius 3 is 2.97 bits per heavy atom. The van der Waals surface area contributed by atoms with E-state index in [0.717, 1.165) is 43.0 Å². The van der Waals surface area contributed by atoms with Crippen LogP contribution in [0.25, 0.3) is 10.9 Å². The monoisotopic (exact) mass is 456 g/mol. The van der Waals surface area contributed by atoms with Crippen molar-refractivity contribution < 1.29 is 14.0 Å². The van der Waals surface area contributed by atoms with Crippen LogP contribution >= 0.6 is 12.2 Å². The maximum absolute atomic E-state index is 13.2. The van der Waals surface area contributed by atoms with Crippen LogP contribution < -0.4 is 10.6 Å². The molecule has 1 aromatic carbocycles. The Bertz CT molecular complexity index is 1170. The number of nitrogens with zero attached hydrogens (tertiary/aromatic N) is 3. The van der Waals surface area contributed by atoms with Crippen LogP contribution in [0.5, 0.6) is 0 Å². The highest BCUT2D eigenvalue weighted by molar-refractivity contribution is 7.71. The number of nitrogens with one attached hydrogen (secondary N) is 3. The van der Waals surface area contributed by atoms with Crippen LogP contribution in [0.15, 0.2) is 28.8 Å². The number of rotatable bonds is 8. The molecule has 2 amide bonds. The number of fused-ring (bicyclic) bond motifs is 1. The molecule has 170 valence electrons. The molecular formula is C22H28N6O3S. The van der Waals surface area contributed by atoms with Gasteiger partial charge in [0.05, 0.1) is 17.0 Å². The minimum atomic E-state index is -0.624. The van der Waals surface area contributed by atoms with E-state index in [1.165, 1.54) is 0 Å². The van der Waals surface area contributed by atoms with Gasteiger partial charge in [0.2, 0.25) is 11.8 Å². The molecule has 0 aliphatic heterocycles. The van der Waals surface area contributed by atoms with Gasteiger partial charge in [-0.3, -0.25) is 14.3 Å². The molecule has 1 aliphatic rings. The van der Waals surface area contributed by atoms with E-state index in [4.69, 9.17) is 16.6 Å². The SMILES string of the molecule is CCCC[C@H](NC(=O)c1cccc2nn(C)cc12)C(=O)N[C@H]1CCC[C@H]1c1n[nH]c(=S)o1. The highest BCUT2D eigenvalue weighted by atomic mass is 32.1. The normalized spacial score (nSPS) is 19.2. The van der Waals surface area contributed by atoms with Gasteiger partial charge in [0.1, 0.15) is 6.04 Å². The Kier molecular flexibility index (Phi) is 6.69. The fraction of sp³-hybridized carbons (Fsp3) is 0.500. The minimum Gasteiger partial charge on any atom is -0.414 e. The maximum atomic E-state index is 13.2. The maximum Gasteiger partial charge on any atom is 0.284 e. The van der Waals surface area contributed by atoms with Crippen LogP contribution in [0.4, 0.5) is 0 Å². The number of benzene rings is 1. The number of carbonyl (C=O) groups is 2. The molecule has 2 heterocycles. The zero-order valence-corrected chi connectivity index (χ0v) is 19.1. The van der Waals surface area contributed by atoms with Gasteiger partial charge in [-0.1, -0.05) is 32.3 Å². The highest BCUT2D eigenvalue weighted by Gasteiger charge is 2.35. The molecule has 10 heteroatoms. The van der Waals surface area contributed by atoms with E-state index < -0.39 is 6.04 Å². The van der Waals surface area contributed by atoms with E-state index in [0.29, 0.717) is 17.9 Å². The number of H-pyrrole nitrogens is 1. The van der Waals surface area contributed by atoms with Crippen molar-refractivity contribution in [3.05, 3.63) is 40.7 Å². The minimum absolute atomic E-state index is 0.0291. The number of hydrogen-bond donors (Lipinski definition) is 3. The summed E-state index contributed by atoms with van der Waals surface area (Å²) in [6.07, 6.45) is 6.79. The summed E-state index contributed by atoms with van der Waals surface area (Å²) in [7, 11) is 1.82. The van der Waals surface area contributed by atoms with E-state index >= 15 is 0 Å². The summed E-state index contributed by atoms with van der Waals surface area (Å²) in [4.78, 5) is 26.5. The summed E-state index contributed by atoms with van der Waals surface area (Å²) in [6.45, 7) is 2.06. The third-order valence-corrected chi connectivity index (χ3v) is 6.17. The molecule has 32 heavy (non-hydrogen) atoms. The summed E-state index contributed by atoms with van der Waals surface area (Å²) < 4.78 is 7.17. The van der Waals surface area contributed by atoms with Gasteiger partial charge in [-0.05, 0) is 43.6 Å². The van der Waals surface area contributed by atoms with Crippen LogP contribution in [0.2, 0.25) is 0 Å². The molecule has 0 radical (unpaired) electrons. The predicted octanol–water partition coefficient (Wildman–Crippen LogP) is 3.36. The third-order valence-electron chi connectivity index (χ3n) is 5.99. The number of aryl methyl sites for hydroxylation is 1. The average Bonchev–Trinajstić information content (AvgIpc) is 3.49. The van der Waals surface area contributed by atoms with Crippen LogP contribution in [0.1, 0.15) is 67.6 Å². The first-order valence-corrected chi connectivity index (χ1v) is 11.5. The average molecular weight is 457 g/mol. The molecule has 3 atom stereocenters. The number of aromatic nitrogens is 4. The molecule has 0 saturated heterocycles. The Hall–Kier alpha value is -3.01. The fourth-order valence-electron chi connectivity index (χ4n) is 4.38. The molecule has 0 unspecified atom stereocenters. The van der Waals surface area contributed by atoms with Crippen molar-refractivity contribution in [3.8, 4) is 0 Å². The van der Waals surface area contributed by atoms with Crippen molar-refractivity contribution in [2.24, 2.45) is 7.05 Å². The lowest BCUT2D eigenvalue weighted by atomic mass is 10.0. The number of amides is 2. The van der Waals surface area contributed by atoms with Crippen molar-refractivity contribution in [3.63, 3.8) is 0 Å². The second kappa shape index (κ2) is 9.64. The van der Waals surface area contributed by atoms with E-state index in [-0.39, 0.29) is 28.6 Å². The van der Waals surface area contributed by atoms with E-state index in [9.17, 15) is 9.59 Å². The van der Waals surface area contributed by atoms with Gasteiger partial charge < -0.3 is 15.1 Å². The Morgan fingerprint density at radius 2 is 2.22 bits per heavy atom. The second-order valence-corrected chi connectivity index (χ2v) is 8.68. The van der Waals surface area contributed by atoms with Gasteiger partial charge >= 0.3 is 0 Å². The standard InChI is InChI=1S/C22H28N6O3S/c1-3-4-9-18(24-19(29)13-7-5-11-17-15(13)12-28(2)27-17)20(30)23-16-10-6-8-14(16)21-25-26-22(32)31-21/h5,7,11-12,14,16,18H,3-4,6,8-10H2,1-2H3,(H,23,30)(H,24,29)(H,26,32)/t14-,16+,18+/m1/s1. The third kappa shape index (κ3) is 4.74. The predicted molar refractivity (Wildman–Crippen MR) is 122 cm³/mol. The highest BCUT2D eigenvalue weighted by Crippen LogP contribution is 2.33. The molecule has 3 aromatic rings. The molecule has 0 spiro atoms. The zero-order valence-electron chi connectivity index (χ0n) is 18.3. The van der Waals surface area contributed by atoms with Crippen molar-refractivity contribution in [1.29, 1.82) is 0 Å². The van der Waals surface area contributed by atoms with Gasteiger partial charge in [-0.15, -0.1) is 5.10 Å². The first kappa shape index (κ1) is 22.2. The van der Waals surface area contributed by atoms with Gasteiger partial charge in [0.25, 0.3) is 10.7 Å². The Balaban J connectivity index is 1.49. The summed E-state index contributed by atoms with van der Waals surface area (Å²) in [5.41, 5.74) is 1.25. The van der Waals surface area contributed by atoms with Gasteiger partial charge in [0.15, 0.2) is 0 Å². The lowest BCUT2D eigenvalue weighted by molar-refractivity contribution is -0.124.